The Balaban J connectivity index is 2.34. The quantitative estimate of drug-likeness (QED) is 0.569. The molecule has 1 amide bonds. The third kappa shape index (κ3) is 5.09. The highest BCUT2D eigenvalue weighted by Crippen LogP contribution is 2.35. The molecule has 0 saturated carbocycles. The van der Waals surface area contributed by atoms with Gasteiger partial charge in [0.1, 0.15) is 18.2 Å². The van der Waals surface area contributed by atoms with Crippen molar-refractivity contribution in [2.24, 2.45) is 0 Å². The van der Waals surface area contributed by atoms with Crippen LogP contribution in [0.1, 0.15) is 15.9 Å². The van der Waals surface area contributed by atoms with Crippen LogP contribution in [-0.4, -0.2) is 26.2 Å². The maximum absolute atomic E-state index is 13.8. The zero-order valence-electron chi connectivity index (χ0n) is 13.5. The van der Waals surface area contributed by atoms with Crippen molar-refractivity contribution in [2.45, 2.75) is 6.18 Å². The summed E-state index contributed by atoms with van der Waals surface area (Å²) in [6.07, 6.45) is -4.62. The van der Waals surface area contributed by atoms with Crippen LogP contribution in [0.3, 0.4) is 0 Å². The molecule has 2 aromatic rings. The molecular formula is C17H14ClF4NO3. The number of methoxy groups -OCH3 is 1. The lowest BCUT2D eigenvalue weighted by molar-refractivity contribution is -0.137. The Morgan fingerprint density at radius 3 is 2.54 bits per heavy atom. The van der Waals surface area contributed by atoms with Gasteiger partial charge in [0.2, 0.25) is 0 Å². The van der Waals surface area contributed by atoms with E-state index in [1.807, 2.05) is 0 Å². The largest absolute Gasteiger partial charge is 0.489 e. The summed E-state index contributed by atoms with van der Waals surface area (Å²) < 4.78 is 62.7. The van der Waals surface area contributed by atoms with Crippen molar-refractivity contribution in [1.82, 2.24) is 0 Å². The Hall–Kier alpha value is -2.32. The van der Waals surface area contributed by atoms with Crippen LogP contribution in [0.5, 0.6) is 5.75 Å². The molecule has 0 aromatic heterocycles. The highest BCUT2D eigenvalue weighted by atomic mass is 35.5. The summed E-state index contributed by atoms with van der Waals surface area (Å²) in [4.78, 5) is 12.3. The first kappa shape index (κ1) is 20.0. The van der Waals surface area contributed by atoms with Gasteiger partial charge >= 0.3 is 6.18 Å². The lowest BCUT2D eigenvalue weighted by Gasteiger charge is -2.15. The molecule has 0 heterocycles. The summed E-state index contributed by atoms with van der Waals surface area (Å²) in [7, 11) is 1.43. The van der Waals surface area contributed by atoms with E-state index in [1.165, 1.54) is 13.2 Å². The van der Waals surface area contributed by atoms with Gasteiger partial charge in [-0.25, -0.2) is 4.39 Å². The fourth-order valence-corrected chi connectivity index (χ4v) is 2.20. The van der Waals surface area contributed by atoms with Crippen LogP contribution in [0, 0.1) is 5.82 Å². The molecule has 1 N–H and O–H groups in total. The predicted octanol–water partition coefficient (Wildman–Crippen LogP) is 4.78. The SMILES string of the molecule is COCCOc1ccc(C(F)(F)F)cc1NC(=O)c1cc(Cl)ccc1F. The van der Waals surface area contributed by atoms with Crippen molar-refractivity contribution in [3.63, 3.8) is 0 Å². The second kappa shape index (κ2) is 8.37. The standard InChI is InChI=1S/C17H14ClF4NO3/c1-25-6-7-26-15-5-2-10(17(20,21)22)8-14(15)23-16(24)12-9-11(18)3-4-13(12)19/h2-5,8-9H,6-7H2,1H3,(H,23,24). The van der Waals surface area contributed by atoms with E-state index in [1.54, 1.807) is 0 Å². The van der Waals surface area contributed by atoms with Gasteiger partial charge < -0.3 is 14.8 Å². The first-order chi connectivity index (χ1) is 12.2. The fraction of sp³-hybridized carbons (Fsp3) is 0.235. The molecular weight excluding hydrogens is 378 g/mol. The molecule has 0 bridgehead atoms. The minimum atomic E-state index is -4.62. The topological polar surface area (TPSA) is 47.6 Å². The highest BCUT2D eigenvalue weighted by molar-refractivity contribution is 6.31. The zero-order chi connectivity index (χ0) is 19.3. The van der Waals surface area contributed by atoms with Crippen LogP contribution in [0.25, 0.3) is 0 Å². The van der Waals surface area contributed by atoms with E-state index in [4.69, 9.17) is 21.1 Å². The van der Waals surface area contributed by atoms with E-state index in [0.29, 0.717) is 6.07 Å². The van der Waals surface area contributed by atoms with Gasteiger partial charge in [0.05, 0.1) is 23.4 Å². The van der Waals surface area contributed by atoms with E-state index in [9.17, 15) is 22.4 Å². The number of carbonyl (C=O) groups excluding carboxylic acids is 1. The van der Waals surface area contributed by atoms with E-state index in [0.717, 1.165) is 24.3 Å². The summed E-state index contributed by atoms with van der Waals surface area (Å²) >= 11 is 5.73. The van der Waals surface area contributed by atoms with Crippen molar-refractivity contribution in [1.29, 1.82) is 0 Å². The van der Waals surface area contributed by atoms with Crippen molar-refractivity contribution < 1.29 is 31.8 Å². The Kier molecular flexibility index (Phi) is 6.44. The van der Waals surface area contributed by atoms with Crippen molar-refractivity contribution >= 4 is 23.2 Å². The number of ether oxygens (including phenoxy) is 2. The predicted molar refractivity (Wildman–Crippen MR) is 88.2 cm³/mol. The molecule has 4 nitrogen and oxygen atoms in total. The monoisotopic (exact) mass is 391 g/mol. The molecule has 26 heavy (non-hydrogen) atoms. The number of anilines is 1. The Labute approximate surface area is 151 Å². The van der Waals surface area contributed by atoms with Gasteiger partial charge in [-0.15, -0.1) is 0 Å². The number of hydrogen-bond donors (Lipinski definition) is 1. The minimum absolute atomic E-state index is 0.00848. The Morgan fingerprint density at radius 1 is 1.15 bits per heavy atom. The zero-order valence-corrected chi connectivity index (χ0v) is 14.2. The summed E-state index contributed by atoms with van der Waals surface area (Å²) in [5, 5.41) is 2.34. The third-order valence-electron chi connectivity index (χ3n) is 3.27. The molecule has 0 atom stereocenters. The van der Waals surface area contributed by atoms with Crippen LogP contribution >= 0.6 is 11.6 Å². The van der Waals surface area contributed by atoms with Crippen molar-refractivity contribution in [2.75, 3.05) is 25.6 Å². The van der Waals surface area contributed by atoms with Gasteiger partial charge in [-0.2, -0.15) is 13.2 Å². The number of benzene rings is 2. The number of nitrogens with one attached hydrogen (secondary N) is 1. The van der Waals surface area contributed by atoms with E-state index < -0.39 is 29.0 Å². The summed E-state index contributed by atoms with van der Waals surface area (Å²) in [5.74, 6) is -1.83. The van der Waals surface area contributed by atoms with E-state index in [2.05, 4.69) is 5.32 Å². The molecule has 0 unspecified atom stereocenters. The Bertz CT molecular complexity index is 796. The average Bonchev–Trinajstić information content (AvgIpc) is 2.57. The normalized spacial score (nSPS) is 11.3. The number of rotatable bonds is 6. The smallest absolute Gasteiger partial charge is 0.416 e. The molecule has 0 spiro atoms. The number of amides is 1. The molecule has 140 valence electrons. The highest BCUT2D eigenvalue weighted by Gasteiger charge is 2.31. The molecule has 0 fully saturated rings. The van der Waals surface area contributed by atoms with Crippen LogP contribution in [0.4, 0.5) is 23.2 Å². The van der Waals surface area contributed by atoms with Crippen LogP contribution in [0.2, 0.25) is 5.02 Å². The van der Waals surface area contributed by atoms with Crippen LogP contribution in [-0.2, 0) is 10.9 Å². The molecule has 0 radical (unpaired) electrons. The first-order valence-corrected chi connectivity index (χ1v) is 7.69. The number of carbonyl (C=O) groups is 1. The third-order valence-corrected chi connectivity index (χ3v) is 3.51. The molecule has 0 saturated heterocycles. The molecule has 0 aliphatic heterocycles. The fourth-order valence-electron chi connectivity index (χ4n) is 2.03. The number of hydrogen-bond acceptors (Lipinski definition) is 3. The second-order valence-electron chi connectivity index (χ2n) is 5.13. The summed E-state index contributed by atoms with van der Waals surface area (Å²) in [6.45, 7) is 0.244. The molecule has 2 aromatic carbocycles. The van der Waals surface area contributed by atoms with Gasteiger partial charge in [-0.05, 0) is 36.4 Å². The van der Waals surface area contributed by atoms with Crippen molar-refractivity contribution in [3.05, 3.63) is 58.4 Å². The maximum atomic E-state index is 13.8. The van der Waals surface area contributed by atoms with Crippen molar-refractivity contribution in [3.8, 4) is 5.75 Å². The van der Waals surface area contributed by atoms with Crippen LogP contribution < -0.4 is 10.1 Å². The van der Waals surface area contributed by atoms with Gasteiger partial charge in [0, 0.05) is 12.1 Å². The molecule has 0 aliphatic rings. The van der Waals surface area contributed by atoms with E-state index >= 15 is 0 Å². The van der Waals surface area contributed by atoms with Crippen LogP contribution in [0.15, 0.2) is 36.4 Å². The minimum Gasteiger partial charge on any atom is -0.489 e. The second-order valence-corrected chi connectivity index (χ2v) is 5.56. The first-order valence-electron chi connectivity index (χ1n) is 7.31. The summed E-state index contributed by atoms with van der Waals surface area (Å²) in [6, 6.07) is 5.91. The van der Waals surface area contributed by atoms with E-state index in [-0.39, 0.29) is 29.7 Å². The lowest BCUT2D eigenvalue weighted by atomic mass is 10.1. The van der Waals surface area contributed by atoms with Gasteiger partial charge in [-0.3, -0.25) is 4.79 Å². The Morgan fingerprint density at radius 2 is 1.88 bits per heavy atom. The van der Waals surface area contributed by atoms with Gasteiger partial charge in [-0.1, -0.05) is 11.6 Å². The molecule has 0 aliphatic carbocycles. The number of halogens is 5. The lowest BCUT2D eigenvalue weighted by Crippen LogP contribution is -2.16. The number of alkyl halides is 3. The average molecular weight is 392 g/mol. The molecule has 9 heteroatoms. The van der Waals surface area contributed by atoms with Gasteiger partial charge in [0.15, 0.2) is 0 Å². The maximum Gasteiger partial charge on any atom is 0.416 e. The van der Waals surface area contributed by atoms with Gasteiger partial charge in [0.25, 0.3) is 5.91 Å². The summed E-state index contributed by atoms with van der Waals surface area (Å²) in [5.41, 5.74) is -1.64. The molecule has 2 rings (SSSR count).